The van der Waals surface area contributed by atoms with E-state index >= 15 is 0 Å². The molecular weight excluding hydrogens is 680 g/mol. The summed E-state index contributed by atoms with van der Waals surface area (Å²) in [6.07, 6.45) is 3.33. The zero-order valence-electron chi connectivity index (χ0n) is 30.0. The Morgan fingerprint density at radius 1 is 0.942 bits per heavy atom. The number of anilines is 2. The number of unbranched alkanes of at least 4 members (excludes halogenated alkanes) is 2. The monoisotopic (exact) mass is 724 g/mol. The lowest BCUT2D eigenvalue weighted by atomic mass is 9.49. The van der Waals surface area contributed by atoms with E-state index in [0.717, 1.165) is 49.3 Å². The minimum atomic E-state index is -0.614. The minimum absolute atomic E-state index is 0.126. The van der Waals surface area contributed by atoms with E-state index in [-0.39, 0.29) is 47.1 Å². The molecule has 4 N–H and O–H groups in total. The third-order valence-corrected chi connectivity index (χ3v) is 10.9. The van der Waals surface area contributed by atoms with Crippen LogP contribution in [-0.4, -0.2) is 59.8 Å². The van der Waals surface area contributed by atoms with Crippen LogP contribution in [0.3, 0.4) is 0 Å². The van der Waals surface area contributed by atoms with Crippen LogP contribution >= 0.6 is 11.6 Å². The van der Waals surface area contributed by atoms with Crippen molar-refractivity contribution in [1.82, 2.24) is 15.5 Å². The van der Waals surface area contributed by atoms with Crippen LogP contribution in [0.15, 0.2) is 60.7 Å². The molecule has 2 fully saturated rings. The summed E-state index contributed by atoms with van der Waals surface area (Å²) in [6.45, 7) is 10.3. The quantitative estimate of drug-likeness (QED) is 0.119. The molecule has 1 saturated heterocycles. The van der Waals surface area contributed by atoms with Crippen molar-refractivity contribution < 1.29 is 23.9 Å². The summed E-state index contributed by atoms with van der Waals surface area (Å²) in [7, 11) is 0. The Balaban J connectivity index is 0.900. The standard InChI is InChI=1S/C40H45ClN6O5/c1-39(2)37(40(3,4)38(39)52-29-15-11-25(22-42)31(41)21-29)46-34(49)24-8-12-27(13-9-24)43-18-6-5-7-19-44-28-14-10-26-23-47(36(51)30(26)20-28)32-16-17-33(48)45-35(32)50/h8-15,20-21,32,37-38,43-44H,5-7,16-19,23H2,1-4H3,(H,46,49)(H,45,48,50). The Hall–Kier alpha value is -5.08. The van der Waals surface area contributed by atoms with Gasteiger partial charge in [-0.05, 0) is 79.8 Å². The summed E-state index contributed by atoms with van der Waals surface area (Å²) in [5, 5.41) is 21.9. The van der Waals surface area contributed by atoms with Crippen molar-refractivity contribution in [1.29, 1.82) is 5.26 Å². The molecule has 0 bridgehead atoms. The van der Waals surface area contributed by atoms with Gasteiger partial charge in [-0.25, -0.2) is 0 Å². The predicted molar refractivity (Wildman–Crippen MR) is 199 cm³/mol. The van der Waals surface area contributed by atoms with Crippen LogP contribution in [-0.2, 0) is 16.1 Å². The van der Waals surface area contributed by atoms with Gasteiger partial charge in [0.2, 0.25) is 11.8 Å². The molecule has 1 atom stereocenters. The summed E-state index contributed by atoms with van der Waals surface area (Å²) in [5.74, 6) is -0.414. The highest BCUT2D eigenvalue weighted by Gasteiger charge is 2.64. The van der Waals surface area contributed by atoms with E-state index in [4.69, 9.17) is 21.6 Å². The molecule has 1 saturated carbocycles. The van der Waals surface area contributed by atoms with Crippen molar-refractivity contribution >= 4 is 46.6 Å². The van der Waals surface area contributed by atoms with Crippen LogP contribution < -0.4 is 26.0 Å². The van der Waals surface area contributed by atoms with Gasteiger partial charge in [0.25, 0.3) is 11.8 Å². The second kappa shape index (κ2) is 14.9. The predicted octanol–water partition coefficient (Wildman–Crippen LogP) is 6.28. The summed E-state index contributed by atoms with van der Waals surface area (Å²) in [4.78, 5) is 51.7. The van der Waals surface area contributed by atoms with Crippen LogP contribution in [0.2, 0.25) is 5.02 Å². The number of imide groups is 1. The Bertz CT molecular complexity index is 1900. The number of benzene rings is 3. The first-order chi connectivity index (χ1) is 24.8. The van der Waals surface area contributed by atoms with E-state index in [1.54, 1.807) is 23.1 Å². The van der Waals surface area contributed by atoms with Crippen LogP contribution in [0.25, 0.3) is 0 Å². The number of nitrogens with zero attached hydrogens (tertiary/aromatic N) is 2. The fraction of sp³-hybridized carbons (Fsp3) is 0.425. The maximum Gasteiger partial charge on any atom is 0.255 e. The summed E-state index contributed by atoms with van der Waals surface area (Å²) in [6, 6.07) is 19.6. The first-order valence-corrected chi connectivity index (χ1v) is 18.2. The molecule has 3 aromatic rings. The van der Waals surface area contributed by atoms with Gasteiger partial charge in [0, 0.05) is 71.5 Å². The number of halogens is 1. The summed E-state index contributed by atoms with van der Waals surface area (Å²) < 4.78 is 6.34. The number of fused-ring (bicyclic) bond motifs is 1. The zero-order chi connectivity index (χ0) is 37.2. The van der Waals surface area contributed by atoms with E-state index < -0.39 is 11.9 Å². The number of rotatable bonds is 13. The highest BCUT2D eigenvalue weighted by Crippen LogP contribution is 2.55. The smallest absolute Gasteiger partial charge is 0.255 e. The van der Waals surface area contributed by atoms with E-state index in [1.165, 1.54) is 0 Å². The van der Waals surface area contributed by atoms with E-state index in [2.05, 4.69) is 55.0 Å². The molecule has 12 heteroatoms. The summed E-state index contributed by atoms with van der Waals surface area (Å²) >= 11 is 6.22. The molecule has 0 aromatic heterocycles. The van der Waals surface area contributed by atoms with Gasteiger partial charge in [-0.1, -0.05) is 45.4 Å². The van der Waals surface area contributed by atoms with Crippen LogP contribution in [0, 0.1) is 22.2 Å². The lowest BCUT2D eigenvalue weighted by Crippen LogP contribution is -2.74. The number of amides is 4. The molecule has 2 aliphatic heterocycles. The van der Waals surface area contributed by atoms with Crippen molar-refractivity contribution in [3.63, 3.8) is 0 Å². The average molecular weight is 725 g/mol. The molecule has 4 amide bonds. The maximum absolute atomic E-state index is 13.3. The highest BCUT2D eigenvalue weighted by molar-refractivity contribution is 6.31. The molecular formula is C40H45ClN6O5. The van der Waals surface area contributed by atoms with Gasteiger partial charge in [0.05, 0.1) is 10.6 Å². The molecule has 11 nitrogen and oxygen atoms in total. The Kier molecular flexibility index (Phi) is 10.5. The number of carbonyl (C=O) groups excluding carboxylic acids is 4. The van der Waals surface area contributed by atoms with Crippen molar-refractivity contribution in [3.8, 4) is 11.8 Å². The van der Waals surface area contributed by atoms with Crippen LogP contribution in [0.5, 0.6) is 5.75 Å². The van der Waals surface area contributed by atoms with Gasteiger partial charge in [-0.2, -0.15) is 5.26 Å². The number of piperidine rings is 1. The minimum Gasteiger partial charge on any atom is -0.489 e. The van der Waals surface area contributed by atoms with Gasteiger partial charge in [-0.15, -0.1) is 0 Å². The normalized spacial score (nSPS) is 21.3. The number of nitriles is 1. The van der Waals surface area contributed by atoms with Crippen molar-refractivity contribution in [3.05, 3.63) is 87.9 Å². The molecule has 3 aliphatic rings. The van der Waals surface area contributed by atoms with Gasteiger partial charge in [0.15, 0.2) is 0 Å². The number of nitrogens with one attached hydrogen (secondary N) is 4. The van der Waals surface area contributed by atoms with Crippen molar-refractivity contribution in [2.75, 3.05) is 23.7 Å². The molecule has 1 aliphatic carbocycles. The Morgan fingerprint density at radius 2 is 1.62 bits per heavy atom. The third kappa shape index (κ3) is 7.44. The Labute approximate surface area is 309 Å². The molecule has 272 valence electrons. The fourth-order valence-electron chi connectivity index (χ4n) is 8.11. The van der Waals surface area contributed by atoms with Crippen molar-refractivity contribution in [2.45, 2.75) is 84.5 Å². The lowest BCUT2D eigenvalue weighted by Gasteiger charge is -2.63. The molecule has 0 radical (unpaired) electrons. The average Bonchev–Trinajstić information content (AvgIpc) is 3.44. The number of carbonyl (C=O) groups is 4. The van der Waals surface area contributed by atoms with E-state index in [0.29, 0.717) is 40.4 Å². The second-order valence-corrected chi connectivity index (χ2v) is 15.5. The highest BCUT2D eigenvalue weighted by atomic mass is 35.5. The van der Waals surface area contributed by atoms with E-state index in [9.17, 15) is 19.2 Å². The van der Waals surface area contributed by atoms with Crippen LogP contribution in [0.4, 0.5) is 11.4 Å². The molecule has 0 spiro atoms. The fourth-order valence-corrected chi connectivity index (χ4v) is 8.32. The van der Waals surface area contributed by atoms with Gasteiger partial charge < -0.3 is 25.6 Å². The molecule has 52 heavy (non-hydrogen) atoms. The lowest BCUT2D eigenvalue weighted by molar-refractivity contribution is -0.164. The zero-order valence-corrected chi connectivity index (χ0v) is 30.7. The largest absolute Gasteiger partial charge is 0.489 e. The summed E-state index contributed by atoms with van der Waals surface area (Å²) in [5.41, 5.74) is 3.59. The number of hydrogen-bond acceptors (Lipinski definition) is 8. The molecule has 2 heterocycles. The molecule has 3 aromatic carbocycles. The molecule has 6 rings (SSSR count). The maximum atomic E-state index is 13.3. The first kappa shape index (κ1) is 36.7. The van der Waals surface area contributed by atoms with E-state index in [1.807, 2.05) is 42.5 Å². The first-order valence-electron chi connectivity index (χ1n) is 17.8. The van der Waals surface area contributed by atoms with Gasteiger partial charge in [0.1, 0.15) is 24.0 Å². The van der Waals surface area contributed by atoms with Gasteiger partial charge >= 0.3 is 0 Å². The SMILES string of the molecule is CC1(C)C(NC(=O)c2ccc(NCCCCCNc3ccc4c(c3)C(=O)N(C3CCC(=O)NC3=O)C4)cc2)C(C)(C)C1Oc1ccc(C#N)c(Cl)c1. The topological polar surface area (TPSA) is 153 Å². The second-order valence-electron chi connectivity index (χ2n) is 15.1. The van der Waals surface area contributed by atoms with Crippen molar-refractivity contribution in [2.24, 2.45) is 10.8 Å². The van der Waals surface area contributed by atoms with Gasteiger partial charge in [-0.3, -0.25) is 24.5 Å². The molecule has 1 unspecified atom stereocenters. The number of hydrogen-bond donors (Lipinski definition) is 4. The Morgan fingerprint density at radius 3 is 2.27 bits per heavy atom. The number of ether oxygens (including phenoxy) is 1. The van der Waals surface area contributed by atoms with Crippen LogP contribution in [0.1, 0.15) is 91.6 Å². The third-order valence-electron chi connectivity index (χ3n) is 10.6.